The van der Waals surface area contributed by atoms with Crippen LogP contribution in [0.3, 0.4) is 0 Å². The van der Waals surface area contributed by atoms with Crippen LogP contribution in [0.1, 0.15) is 12.0 Å². The average molecular weight is 195 g/mol. The van der Waals surface area contributed by atoms with Crippen molar-refractivity contribution in [1.82, 2.24) is 0 Å². The number of rotatable bonds is 5. The van der Waals surface area contributed by atoms with Gasteiger partial charge in [0.2, 0.25) is 0 Å². The maximum Gasteiger partial charge on any atom is 0.0133 e. The molecule has 0 fully saturated rings. The molecule has 0 aliphatic rings. The Bertz CT molecular complexity index is 223. The van der Waals surface area contributed by atoms with Crippen LogP contribution in [-0.4, -0.2) is 18.1 Å². The first-order chi connectivity index (χ1) is 6.33. The average Bonchev–Trinajstić information content (AvgIpc) is 2.17. The van der Waals surface area contributed by atoms with E-state index in [4.69, 9.17) is 5.73 Å². The predicted octanol–water partition coefficient (Wildman–Crippen LogP) is 2.31. The number of thioether (sulfide) groups is 1. The quantitative estimate of drug-likeness (QED) is 0.780. The van der Waals surface area contributed by atoms with Crippen molar-refractivity contribution in [2.45, 2.75) is 18.9 Å². The number of aryl methyl sites for hydroxylation is 1. The predicted molar refractivity (Wildman–Crippen MR) is 61.1 cm³/mol. The van der Waals surface area contributed by atoms with E-state index in [1.807, 2.05) is 17.8 Å². The largest absolute Gasteiger partial charge is 0.327 e. The van der Waals surface area contributed by atoms with Gasteiger partial charge in [0.05, 0.1) is 0 Å². The molecule has 0 aliphatic carbocycles. The molecule has 0 radical (unpaired) electrons. The molecule has 1 atom stereocenters. The lowest BCUT2D eigenvalue weighted by Gasteiger charge is -2.09. The summed E-state index contributed by atoms with van der Waals surface area (Å²) < 4.78 is 0. The summed E-state index contributed by atoms with van der Waals surface area (Å²) in [5.74, 6) is 1.06. The van der Waals surface area contributed by atoms with Crippen molar-refractivity contribution in [2.24, 2.45) is 5.73 Å². The first kappa shape index (κ1) is 10.6. The van der Waals surface area contributed by atoms with Gasteiger partial charge in [0.1, 0.15) is 0 Å². The van der Waals surface area contributed by atoms with Crippen molar-refractivity contribution >= 4 is 11.8 Å². The Kier molecular flexibility index (Phi) is 4.94. The number of benzene rings is 1. The number of hydrogen-bond donors (Lipinski definition) is 1. The molecule has 0 heterocycles. The Morgan fingerprint density at radius 3 is 2.62 bits per heavy atom. The highest BCUT2D eigenvalue weighted by Crippen LogP contribution is 2.06. The minimum absolute atomic E-state index is 0.343. The van der Waals surface area contributed by atoms with Crippen molar-refractivity contribution in [3.63, 3.8) is 0 Å². The molecule has 0 saturated heterocycles. The molecule has 0 bridgehead atoms. The fraction of sp³-hybridized carbons (Fsp3) is 0.455. The zero-order valence-electron chi connectivity index (χ0n) is 8.07. The summed E-state index contributed by atoms with van der Waals surface area (Å²) in [6.07, 6.45) is 4.29. The van der Waals surface area contributed by atoms with Crippen molar-refractivity contribution in [1.29, 1.82) is 0 Å². The third-order valence-electron chi connectivity index (χ3n) is 2.03. The Morgan fingerprint density at radius 1 is 1.31 bits per heavy atom. The minimum Gasteiger partial charge on any atom is -0.327 e. The molecule has 0 amide bonds. The Hall–Kier alpha value is -0.470. The second-order valence-electron chi connectivity index (χ2n) is 3.24. The van der Waals surface area contributed by atoms with E-state index in [9.17, 15) is 0 Å². The first-order valence-corrected chi connectivity index (χ1v) is 6.00. The van der Waals surface area contributed by atoms with Gasteiger partial charge in [-0.25, -0.2) is 0 Å². The Balaban J connectivity index is 2.27. The van der Waals surface area contributed by atoms with E-state index in [1.54, 1.807) is 0 Å². The van der Waals surface area contributed by atoms with Crippen LogP contribution >= 0.6 is 11.8 Å². The molecule has 2 N–H and O–H groups in total. The highest BCUT2D eigenvalue weighted by molar-refractivity contribution is 7.98. The maximum atomic E-state index is 5.91. The van der Waals surface area contributed by atoms with Crippen LogP contribution in [0.25, 0.3) is 0 Å². The molecule has 1 nitrogen and oxygen atoms in total. The van der Waals surface area contributed by atoms with Crippen LogP contribution in [-0.2, 0) is 6.42 Å². The summed E-state index contributed by atoms with van der Waals surface area (Å²) in [5.41, 5.74) is 7.30. The van der Waals surface area contributed by atoms with E-state index in [0.29, 0.717) is 6.04 Å². The second-order valence-corrected chi connectivity index (χ2v) is 4.15. The fourth-order valence-electron chi connectivity index (χ4n) is 1.29. The summed E-state index contributed by atoms with van der Waals surface area (Å²) in [6.45, 7) is 0. The number of hydrogen-bond acceptors (Lipinski definition) is 2. The van der Waals surface area contributed by atoms with Gasteiger partial charge in [0.15, 0.2) is 0 Å². The molecular formula is C11H17NS. The van der Waals surface area contributed by atoms with E-state index in [-0.39, 0.29) is 0 Å². The molecule has 1 aromatic rings. The standard InChI is InChI=1S/C11H17NS/c1-13-9-11(12)8-7-10-5-3-2-4-6-10/h2-6,11H,7-9,12H2,1H3. The number of nitrogens with two attached hydrogens (primary N) is 1. The maximum absolute atomic E-state index is 5.91. The summed E-state index contributed by atoms with van der Waals surface area (Å²) in [5, 5.41) is 0. The molecule has 1 rings (SSSR count). The van der Waals surface area contributed by atoms with Gasteiger partial charge in [-0.1, -0.05) is 30.3 Å². The Morgan fingerprint density at radius 2 is 2.00 bits per heavy atom. The SMILES string of the molecule is CSCC(N)CCc1ccccc1. The lowest BCUT2D eigenvalue weighted by Crippen LogP contribution is -2.23. The molecule has 0 aromatic heterocycles. The highest BCUT2D eigenvalue weighted by atomic mass is 32.2. The van der Waals surface area contributed by atoms with Gasteiger partial charge in [-0.15, -0.1) is 0 Å². The van der Waals surface area contributed by atoms with Crippen molar-refractivity contribution in [3.8, 4) is 0 Å². The third-order valence-corrected chi connectivity index (χ3v) is 2.79. The van der Waals surface area contributed by atoms with E-state index in [0.717, 1.165) is 18.6 Å². The molecule has 1 unspecified atom stereocenters. The van der Waals surface area contributed by atoms with Gasteiger partial charge in [0.25, 0.3) is 0 Å². The summed E-state index contributed by atoms with van der Waals surface area (Å²) in [4.78, 5) is 0. The van der Waals surface area contributed by atoms with Gasteiger partial charge in [-0.3, -0.25) is 0 Å². The van der Waals surface area contributed by atoms with E-state index in [2.05, 4.69) is 30.5 Å². The van der Waals surface area contributed by atoms with Crippen LogP contribution in [0.4, 0.5) is 0 Å². The van der Waals surface area contributed by atoms with Crippen LogP contribution < -0.4 is 5.73 Å². The molecule has 1 aromatic carbocycles. The topological polar surface area (TPSA) is 26.0 Å². The molecule has 0 aliphatic heterocycles. The Labute approximate surface area is 84.7 Å². The monoisotopic (exact) mass is 195 g/mol. The minimum atomic E-state index is 0.343. The van der Waals surface area contributed by atoms with Crippen LogP contribution in [0.15, 0.2) is 30.3 Å². The molecule has 2 heteroatoms. The molecule has 13 heavy (non-hydrogen) atoms. The summed E-state index contributed by atoms with van der Waals surface area (Å²) in [7, 11) is 0. The van der Waals surface area contributed by atoms with Crippen molar-refractivity contribution in [3.05, 3.63) is 35.9 Å². The van der Waals surface area contributed by atoms with Crippen LogP contribution in [0, 0.1) is 0 Å². The zero-order valence-corrected chi connectivity index (χ0v) is 8.89. The zero-order chi connectivity index (χ0) is 9.52. The molecule has 0 spiro atoms. The second kappa shape index (κ2) is 6.06. The first-order valence-electron chi connectivity index (χ1n) is 4.61. The molecular weight excluding hydrogens is 178 g/mol. The smallest absolute Gasteiger partial charge is 0.0133 e. The van der Waals surface area contributed by atoms with E-state index >= 15 is 0 Å². The fourth-order valence-corrected chi connectivity index (χ4v) is 1.89. The molecule has 0 saturated carbocycles. The van der Waals surface area contributed by atoms with Gasteiger partial charge in [-0.2, -0.15) is 11.8 Å². The third kappa shape index (κ3) is 4.34. The lowest BCUT2D eigenvalue weighted by atomic mass is 10.1. The highest BCUT2D eigenvalue weighted by Gasteiger charge is 2.01. The van der Waals surface area contributed by atoms with E-state index in [1.165, 1.54) is 5.56 Å². The van der Waals surface area contributed by atoms with Crippen molar-refractivity contribution < 1.29 is 0 Å². The van der Waals surface area contributed by atoms with Crippen LogP contribution in [0.5, 0.6) is 0 Å². The van der Waals surface area contributed by atoms with Gasteiger partial charge in [-0.05, 0) is 24.7 Å². The van der Waals surface area contributed by atoms with Gasteiger partial charge in [0, 0.05) is 11.8 Å². The summed E-state index contributed by atoms with van der Waals surface area (Å²) in [6, 6.07) is 10.9. The van der Waals surface area contributed by atoms with Gasteiger partial charge < -0.3 is 5.73 Å². The summed E-state index contributed by atoms with van der Waals surface area (Å²) >= 11 is 1.82. The van der Waals surface area contributed by atoms with Crippen LogP contribution in [0.2, 0.25) is 0 Å². The van der Waals surface area contributed by atoms with Crippen molar-refractivity contribution in [2.75, 3.05) is 12.0 Å². The lowest BCUT2D eigenvalue weighted by molar-refractivity contribution is 0.675. The normalized spacial score (nSPS) is 12.8. The molecule has 72 valence electrons. The van der Waals surface area contributed by atoms with E-state index < -0.39 is 0 Å². The van der Waals surface area contributed by atoms with Gasteiger partial charge >= 0.3 is 0 Å².